The highest BCUT2D eigenvalue weighted by atomic mass is 16.2. The Kier molecular flexibility index (Phi) is 4.03. The molecule has 2 aliphatic rings. The normalized spacial score (nSPS) is 37.0. The lowest BCUT2D eigenvalue weighted by molar-refractivity contribution is -0.134. The standard InChI is InChI=1S/C18H26N2O/c1-12-9-10-16(13(2)11-12)20-14(3)19-17(18(20)21)15-7-5-4-6-8-15/h4-8,12-14,16-17,19H,9-11H2,1-3H3. The van der Waals surface area contributed by atoms with E-state index in [1.165, 1.54) is 12.8 Å². The summed E-state index contributed by atoms with van der Waals surface area (Å²) in [5.41, 5.74) is 1.08. The van der Waals surface area contributed by atoms with Gasteiger partial charge in [0.05, 0.1) is 6.17 Å². The molecule has 5 unspecified atom stereocenters. The monoisotopic (exact) mass is 286 g/mol. The van der Waals surface area contributed by atoms with E-state index in [-0.39, 0.29) is 18.1 Å². The van der Waals surface area contributed by atoms with E-state index in [1.807, 2.05) is 30.3 Å². The van der Waals surface area contributed by atoms with E-state index in [2.05, 4.69) is 31.0 Å². The van der Waals surface area contributed by atoms with E-state index in [4.69, 9.17) is 0 Å². The maximum absolute atomic E-state index is 12.9. The molecule has 1 heterocycles. The Bertz CT molecular complexity index is 501. The Hall–Kier alpha value is -1.35. The third kappa shape index (κ3) is 2.71. The lowest BCUT2D eigenvalue weighted by Crippen LogP contribution is -2.48. The lowest BCUT2D eigenvalue weighted by Gasteiger charge is -2.40. The van der Waals surface area contributed by atoms with Gasteiger partial charge in [-0.3, -0.25) is 10.1 Å². The largest absolute Gasteiger partial charge is 0.323 e. The van der Waals surface area contributed by atoms with Crippen molar-refractivity contribution < 1.29 is 4.79 Å². The van der Waals surface area contributed by atoms with Crippen LogP contribution in [0.5, 0.6) is 0 Å². The quantitative estimate of drug-likeness (QED) is 0.904. The van der Waals surface area contributed by atoms with E-state index >= 15 is 0 Å². The molecule has 0 bridgehead atoms. The van der Waals surface area contributed by atoms with Gasteiger partial charge in [-0.2, -0.15) is 0 Å². The fraction of sp³-hybridized carbons (Fsp3) is 0.611. The number of carbonyl (C=O) groups excluding carboxylic acids is 1. The van der Waals surface area contributed by atoms with Gasteiger partial charge in [0.1, 0.15) is 6.04 Å². The summed E-state index contributed by atoms with van der Waals surface area (Å²) in [5, 5.41) is 3.48. The maximum Gasteiger partial charge on any atom is 0.245 e. The summed E-state index contributed by atoms with van der Waals surface area (Å²) in [6.07, 6.45) is 3.74. The molecule has 1 saturated carbocycles. The second-order valence-electron chi connectivity index (χ2n) is 6.89. The SMILES string of the molecule is CC1CCC(N2C(=O)C(c3ccccc3)NC2C)C(C)C1. The molecule has 1 aromatic carbocycles. The Morgan fingerprint density at radius 1 is 1.10 bits per heavy atom. The van der Waals surface area contributed by atoms with Gasteiger partial charge in [-0.15, -0.1) is 0 Å². The molecule has 5 atom stereocenters. The molecule has 114 valence electrons. The zero-order valence-electron chi connectivity index (χ0n) is 13.3. The number of rotatable bonds is 2. The van der Waals surface area contributed by atoms with Gasteiger partial charge >= 0.3 is 0 Å². The van der Waals surface area contributed by atoms with Crippen molar-refractivity contribution in [2.45, 2.75) is 58.3 Å². The molecule has 1 N–H and O–H groups in total. The van der Waals surface area contributed by atoms with Crippen LogP contribution in [0.25, 0.3) is 0 Å². The number of benzene rings is 1. The van der Waals surface area contributed by atoms with Crippen LogP contribution in [-0.2, 0) is 4.79 Å². The van der Waals surface area contributed by atoms with Crippen molar-refractivity contribution >= 4 is 5.91 Å². The zero-order chi connectivity index (χ0) is 15.0. The van der Waals surface area contributed by atoms with Gasteiger partial charge in [0.25, 0.3) is 0 Å². The summed E-state index contributed by atoms with van der Waals surface area (Å²) < 4.78 is 0. The van der Waals surface area contributed by atoms with E-state index in [1.54, 1.807) is 0 Å². The molecule has 3 heteroatoms. The van der Waals surface area contributed by atoms with Gasteiger partial charge in [0.2, 0.25) is 5.91 Å². The number of hydrogen-bond acceptors (Lipinski definition) is 2. The van der Waals surface area contributed by atoms with Crippen LogP contribution >= 0.6 is 0 Å². The fourth-order valence-electron chi connectivity index (χ4n) is 4.13. The van der Waals surface area contributed by atoms with E-state index in [9.17, 15) is 4.79 Å². The molecule has 0 spiro atoms. The minimum atomic E-state index is -0.173. The van der Waals surface area contributed by atoms with Crippen molar-refractivity contribution in [2.75, 3.05) is 0 Å². The first-order valence-electron chi connectivity index (χ1n) is 8.21. The van der Waals surface area contributed by atoms with Gasteiger partial charge in [-0.1, -0.05) is 44.2 Å². The molecule has 2 fully saturated rings. The summed E-state index contributed by atoms with van der Waals surface area (Å²) in [5.74, 6) is 1.64. The second-order valence-corrected chi connectivity index (χ2v) is 6.89. The molecule has 3 rings (SSSR count). The average molecular weight is 286 g/mol. The number of carbonyl (C=O) groups is 1. The molecular formula is C18H26N2O. The Morgan fingerprint density at radius 3 is 2.48 bits per heavy atom. The third-order valence-corrected chi connectivity index (χ3v) is 5.20. The van der Waals surface area contributed by atoms with Crippen LogP contribution in [0.2, 0.25) is 0 Å². The van der Waals surface area contributed by atoms with Crippen LogP contribution in [0.3, 0.4) is 0 Å². The summed E-state index contributed by atoms with van der Waals surface area (Å²) in [6.45, 7) is 6.74. The Morgan fingerprint density at radius 2 is 1.81 bits per heavy atom. The topological polar surface area (TPSA) is 32.3 Å². The zero-order valence-corrected chi connectivity index (χ0v) is 13.3. The third-order valence-electron chi connectivity index (χ3n) is 5.20. The van der Waals surface area contributed by atoms with Crippen molar-refractivity contribution in [1.29, 1.82) is 0 Å². The molecule has 3 nitrogen and oxygen atoms in total. The van der Waals surface area contributed by atoms with Crippen molar-refractivity contribution in [3.8, 4) is 0 Å². The Labute approximate surface area is 127 Å². The van der Waals surface area contributed by atoms with Crippen LogP contribution in [-0.4, -0.2) is 23.0 Å². The molecule has 1 saturated heterocycles. The first kappa shape index (κ1) is 14.6. The molecular weight excluding hydrogens is 260 g/mol. The number of nitrogens with one attached hydrogen (secondary N) is 1. The maximum atomic E-state index is 12.9. The highest BCUT2D eigenvalue weighted by molar-refractivity contribution is 5.86. The minimum Gasteiger partial charge on any atom is -0.323 e. The predicted octanol–water partition coefficient (Wildman–Crippen LogP) is 3.33. The van der Waals surface area contributed by atoms with Gasteiger partial charge in [-0.25, -0.2) is 0 Å². The van der Waals surface area contributed by atoms with E-state index in [0.29, 0.717) is 12.0 Å². The number of hydrogen-bond donors (Lipinski definition) is 1. The molecule has 1 aromatic rings. The van der Waals surface area contributed by atoms with Crippen molar-refractivity contribution in [2.24, 2.45) is 11.8 Å². The number of amides is 1. The Balaban J connectivity index is 1.79. The number of nitrogens with zero attached hydrogens (tertiary/aromatic N) is 1. The minimum absolute atomic E-state index is 0.128. The highest BCUT2D eigenvalue weighted by Crippen LogP contribution is 2.36. The summed E-state index contributed by atoms with van der Waals surface area (Å²) in [4.78, 5) is 15.0. The fourth-order valence-corrected chi connectivity index (χ4v) is 4.13. The van der Waals surface area contributed by atoms with Crippen molar-refractivity contribution in [1.82, 2.24) is 10.2 Å². The summed E-state index contributed by atoms with van der Waals surface area (Å²) in [7, 11) is 0. The van der Waals surface area contributed by atoms with Crippen molar-refractivity contribution in [3.63, 3.8) is 0 Å². The summed E-state index contributed by atoms with van der Waals surface area (Å²) in [6, 6.07) is 10.3. The predicted molar refractivity (Wildman–Crippen MR) is 84.6 cm³/mol. The van der Waals surface area contributed by atoms with Gasteiger partial charge < -0.3 is 4.90 Å². The van der Waals surface area contributed by atoms with Gasteiger partial charge in [0.15, 0.2) is 0 Å². The first-order chi connectivity index (χ1) is 10.1. The van der Waals surface area contributed by atoms with Crippen LogP contribution in [0.15, 0.2) is 30.3 Å². The molecule has 1 aliphatic heterocycles. The highest BCUT2D eigenvalue weighted by Gasteiger charge is 2.43. The molecule has 1 amide bonds. The molecule has 0 aromatic heterocycles. The second kappa shape index (κ2) is 5.80. The average Bonchev–Trinajstić information content (AvgIpc) is 2.76. The first-order valence-corrected chi connectivity index (χ1v) is 8.21. The van der Waals surface area contributed by atoms with Crippen LogP contribution in [0, 0.1) is 11.8 Å². The van der Waals surface area contributed by atoms with Crippen molar-refractivity contribution in [3.05, 3.63) is 35.9 Å². The summed E-state index contributed by atoms with van der Waals surface area (Å²) >= 11 is 0. The molecule has 21 heavy (non-hydrogen) atoms. The van der Waals surface area contributed by atoms with Crippen LogP contribution < -0.4 is 5.32 Å². The van der Waals surface area contributed by atoms with Crippen LogP contribution in [0.1, 0.15) is 51.6 Å². The van der Waals surface area contributed by atoms with E-state index < -0.39 is 0 Å². The molecule has 1 aliphatic carbocycles. The van der Waals surface area contributed by atoms with E-state index in [0.717, 1.165) is 17.9 Å². The van der Waals surface area contributed by atoms with Gasteiger partial charge in [0, 0.05) is 6.04 Å². The smallest absolute Gasteiger partial charge is 0.245 e. The molecule has 0 radical (unpaired) electrons. The van der Waals surface area contributed by atoms with Gasteiger partial charge in [-0.05, 0) is 43.6 Å². The lowest BCUT2D eigenvalue weighted by atomic mass is 9.79. The van der Waals surface area contributed by atoms with Crippen LogP contribution in [0.4, 0.5) is 0 Å².